The van der Waals surface area contributed by atoms with Gasteiger partial charge in [0.15, 0.2) is 0 Å². The second kappa shape index (κ2) is 9.27. The van der Waals surface area contributed by atoms with Crippen LogP contribution in [0.5, 0.6) is 0 Å². The second-order valence-electron chi connectivity index (χ2n) is 7.60. The van der Waals surface area contributed by atoms with Crippen molar-refractivity contribution in [3.05, 3.63) is 69.9 Å². The summed E-state index contributed by atoms with van der Waals surface area (Å²) in [6.07, 6.45) is 2.44. The molecule has 0 aliphatic carbocycles. The molecule has 1 saturated heterocycles. The first-order valence-electron chi connectivity index (χ1n) is 10.2. The van der Waals surface area contributed by atoms with Crippen LogP contribution in [0, 0.1) is 10.1 Å². The Morgan fingerprint density at radius 2 is 1.72 bits per heavy atom. The van der Waals surface area contributed by atoms with Crippen LogP contribution in [0.3, 0.4) is 0 Å². The van der Waals surface area contributed by atoms with Gasteiger partial charge in [0.1, 0.15) is 6.54 Å². The summed E-state index contributed by atoms with van der Waals surface area (Å²) < 4.78 is 1.79. The number of halogens is 1. The lowest BCUT2D eigenvalue weighted by molar-refractivity contribution is -0.384. The second-order valence-corrected chi connectivity index (χ2v) is 8.04. The van der Waals surface area contributed by atoms with Gasteiger partial charge in [-0.15, -0.1) is 0 Å². The van der Waals surface area contributed by atoms with Crippen molar-refractivity contribution in [3.63, 3.8) is 0 Å². The van der Waals surface area contributed by atoms with Gasteiger partial charge in [-0.2, -0.15) is 0 Å². The summed E-state index contributed by atoms with van der Waals surface area (Å²) in [5.41, 5.74) is 1.45. The first-order valence-corrected chi connectivity index (χ1v) is 10.6. The number of nitro groups is 1. The average molecular weight is 456 g/mol. The van der Waals surface area contributed by atoms with E-state index in [0.717, 1.165) is 5.52 Å². The summed E-state index contributed by atoms with van der Waals surface area (Å²) >= 11 is 5.88. The minimum absolute atomic E-state index is 0.0195. The maximum Gasteiger partial charge on any atom is 0.321 e. The van der Waals surface area contributed by atoms with Crippen LogP contribution < -0.4 is 5.32 Å². The Hall–Kier alpha value is -3.59. The fraction of sp³-hybridized carbons (Fsp3) is 0.273. The van der Waals surface area contributed by atoms with Crippen molar-refractivity contribution >= 4 is 45.8 Å². The van der Waals surface area contributed by atoms with Crippen LogP contribution in [-0.4, -0.2) is 57.4 Å². The fourth-order valence-corrected chi connectivity index (χ4v) is 3.92. The Morgan fingerprint density at radius 1 is 1.00 bits per heavy atom. The smallest absolute Gasteiger partial charge is 0.321 e. The van der Waals surface area contributed by atoms with E-state index in [1.165, 1.54) is 12.1 Å². The molecule has 0 saturated carbocycles. The molecule has 32 heavy (non-hydrogen) atoms. The van der Waals surface area contributed by atoms with Crippen LogP contribution in [0.25, 0.3) is 10.9 Å². The number of aromatic nitrogens is 1. The first-order chi connectivity index (χ1) is 15.4. The van der Waals surface area contributed by atoms with E-state index in [0.29, 0.717) is 48.7 Å². The van der Waals surface area contributed by atoms with Gasteiger partial charge < -0.3 is 19.7 Å². The molecular weight excluding hydrogens is 434 g/mol. The summed E-state index contributed by atoms with van der Waals surface area (Å²) in [4.78, 5) is 39.5. The Labute approximate surface area is 189 Å². The summed E-state index contributed by atoms with van der Waals surface area (Å²) in [5, 5.41) is 15.1. The van der Waals surface area contributed by atoms with E-state index >= 15 is 0 Å². The number of hydrogen-bond donors (Lipinski definition) is 1. The average Bonchev–Trinajstić information content (AvgIpc) is 3.00. The number of non-ortho nitro benzene ring substituents is 1. The molecule has 10 heteroatoms. The zero-order valence-corrected chi connectivity index (χ0v) is 18.0. The summed E-state index contributed by atoms with van der Waals surface area (Å²) in [6.45, 7) is 2.13. The van der Waals surface area contributed by atoms with E-state index in [2.05, 4.69) is 5.32 Å². The minimum Gasteiger partial charge on any atom is -0.339 e. The first kappa shape index (κ1) is 21.6. The number of carbonyl (C=O) groups is 2. The third-order valence-electron chi connectivity index (χ3n) is 5.50. The lowest BCUT2D eigenvalue weighted by atomic mass is 10.2. The van der Waals surface area contributed by atoms with Crippen LogP contribution in [0.2, 0.25) is 5.02 Å². The van der Waals surface area contributed by atoms with E-state index in [9.17, 15) is 19.7 Å². The van der Waals surface area contributed by atoms with E-state index in [-0.39, 0.29) is 24.2 Å². The van der Waals surface area contributed by atoms with Gasteiger partial charge in [-0.1, -0.05) is 11.6 Å². The molecule has 0 radical (unpaired) electrons. The van der Waals surface area contributed by atoms with Crippen molar-refractivity contribution in [2.75, 3.05) is 31.5 Å². The molecule has 3 aromatic rings. The van der Waals surface area contributed by atoms with Crippen LogP contribution in [-0.2, 0) is 11.3 Å². The van der Waals surface area contributed by atoms with E-state index < -0.39 is 4.92 Å². The lowest BCUT2D eigenvalue weighted by Crippen LogP contribution is -2.40. The number of urea groups is 1. The fourth-order valence-electron chi connectivity index (χ4n) is 3.79. The topological polar surface area (TPSA) is 101 Å². The molecule has 1 N–H and O–H groups in total. The predicted molar refractivity (Wildman–Crippen MR) is 122 cm³/mol. The van der Waals surface area contributed by atoms with E-state index in [4.69, 9.17) is 11.6 Å². The van der Waals surface area contributed by atoms with Gasteiger partial charge >= 0.3 is 6.03 Å². The van der Waals surface area contributed by atoms with Crippen LogP contribution >= 0.6 is 11.6 Å². The molecule has 9 nitrogen and oxygen atoms in total. The molecule has 2 heterocycles. The molecule has 1 aromatic heterocycles. The van der Waals surface area contributed by atoms with Gasteiger partial charge in [-0.3, -0.25) is 14.9 Å². The van der Waals surface area contributed by atoms with E-state index in [1.54, 1.807) is 57.0 Å². The van der Waals surface area contributed by atoms with Crippen molar-refractivity contribution < 1.29 is 14.5 Å². The molecule has 1 aliphatic rings. The number of amides is 3. The number of carbonyl (C=O) groups excluding carboxylic acids is 2. The Balaban J connectivity index is 1.36. The molecule has 4 rings (SSSR count). The number of nitrogens with zero attached hydrogens (tertiary/aromatic N) is 4. The van der Waals surface area contributed by atoms with Crippen LogP contribution in [0.15, 0.2) is 54.7 Å². The van der Waals surface area contributed by atoms with Crippen molar-refractivity contribution in [1.82, 2.24) is 14.4 Å². The van der Waals surface area contributed by atoms with Gasteiger partial charge in [0.05, 0.1) is 4.92 Å². The molecule has 0 atom stereocenters. The molecule has 1 aliphatic heterocycles. The molecule has 0 unspecified atom stereocenters. The maximum atomic E-state index is 12.9. The van der Waals surface area contributed by atoms with Gasteiger partial charge in [0.2, 0.25) is 5.91 Å². The molecule has 0 spiro atoms. The molecular formula is C22H22ClN5O4. The molecule has 1 fully saturated rings. The Morgan fingerprint density at radius 3 is 2.47 bits per heavy atom. The SMILES string of the molecule is O=C(Cn1ccc2cc([N+](=O)[O-])ccc21)N1CCCN(C(=O)Nc2ccc(Cl)cc2)CC1. The van der Waals surface area contributed by atoms with Gasteiger partial charge in [-0.25, -0.2) is 4.79 Å². The highest BCUT2D eigenvalue weighted by atomic mass is 35.5. The normalized spacial score (nSPS) is 14.3. The third kappa shape index (κ3) is 4.83. The number of hydrogen-bond acceptors (Lipinski definition) is 4. The molecule has 2 aromatic carbocycles. The van der Waals surface area contributed by atoms with Gasteiger partial charge in [0, 0.05) is 66.1 Å². The number of fused-ring (bicyclic) bond motifs is 1. The van der Waals surface area contributed by atoms with Crippen LogP contribution in [0.4, 0.5) is 16.2 Å². The van der Waals surface area contributed by atoms with E-state index in [1.807, 2.05) is 0 Å². The lowest BCUT2D eigenvalue weighted by Gasteiger charge is -2.23. The van der Waals surface area contributed by atoms with Gasteiger partial charge in [-0.05, 0) is 42.8 Å². The zero-order chi connectivity index (χ0) is 22.7. The highest BCUT2D eigenvalue weighted by Gasteiger charge is 2.22. The Bertz CT molecular complexity index is 1160. The summed E-state index contributed by atoms with van der Waals surface area (Å²) in [6, 6.07) is 13.1. The summed E-state index contributed by atoms with van der Waals surface area (Å²) in [5.74, 6) is -0.0548. The number of anilines is 1. The van der Waals surface area contributed by atoms with Crippen molar-refractivity contribution in [1.29, 1.82) is 0 Å². The highest BCUT2D eigenvalue weighted by Crippen LogP contribution is 2.22. The molecule has 0 bridgehead atoms. The molecule has 166 valence electrons. The van der Waals surface area contributed by atoms with Crippen molar-refractivity contribution in [3.8, 4) is 0 Å². The quantitative estimate of drug-likeness (QED) is 0.475. The minimum atomic E-state index is -0.437. The predicted octanol–water partition coefficient (Wildman–Crippen LogP) is 3.97. The van der Waals surface area contributed by atoms with Crippen molar-refractivity contribution in [2.45, 2.75) is 13.0 Å². The summed E-state index contributed by atoms with van der Waals surface area (Å²) in [7, 11) is 0. The maximum absolute atomic E-state index is 12.9. The number of rotatable bonds is 4. The number of nitrogens with one attached hydrogen (secondary N) is 1. The standard InChI is InChI=1S/C22H22ClN5O4/c23-17-2-4-18(5-3-17)24-22(30)26-10-1-9-25(12-13-26)21(29)15-27-11-8-16-14-19(28(31)32)6-7-20(16)27/h2-8,11,14H,1,9-10,12-13,15H2,(H,24,30). The zero-order valence-electron chi connectivity index (χ0n) is 17.2. The Kier molecular flexibility index (Phi) is 6.27. The number of nitro benzene ring substituents is 1. The monoisotopic (exact) mass is 455 g/mol. The van der Waals surface area contributed by atoms with Crippen molar-refractivity contribution in [2.24, 2.45) is 0 Å². The van der Waals surface area contributed by atoms with Gasteiger partial charge in [0.25, 0.3) is 5.69 Å². The largest absolute Gasteiger partial charge is 0.339 e. The highest BCUT2D eigenvalue weighted by molar-refractivity contribution is 6.30. The molecule has 3 amide bonds. The number of benzene rings is 2. The third-order valence-corrected chi connectivity index (χ3v) is 5.75. The van der Waals surface area contributed by atoms with Crippen LogP contribution in [0.1, 0.15) is 6.42 Å².